The molecule has 0 aromatic carbocycles. The molecule has 0 bridgehead atoms. The number of hydrogen-bond acceptors (Lipinski definition) is 4. The molecule has 1 N–H and O–H groups in total. The summed E-state index contributed by atoms with van der Waals surface area (Å²) in [6.07, 6.45) is 8.91. The van der Waals surface area contributed by atoms with E-state index in [9.17, 15) is 10.1 Å². The SMILES string of the molecule is CC1(C)CC(=O)C=C(Nc2sc3c(c2C#N)CCCCC3)C1. The molecular formula is C18H22N2OS. The Hall–Kier alpha value is -1.60. The summed E-state index contributed by atoms with van der Waals surface area (Å²) in [7, 11) is 0. The number of aryl methyl sites for hydroxylation is 1. The smallest absolute Gasteiger partial charge is 0.157 e. The van der Waals surface area contributed by atoms with Crippen LogP contribution in [0.1, 0.15) is 62.0 Å². The normalized spacial score (nSPS) is 20.6. The van der Waals surface area contributed by atoms with Crippen molar-refractivity contribution < 1.29 is 4.79 Å². The van der Waals surface area contributed by atoms with Crippen LogP contribution in [0.4, 0.5) is 5.00 Å². The molecule has 1 aromatic heterocycles. The number of carbonyl (C=O) groups is 1. The van der Waals surface area contributed by atoms with E-state index in [0.717, 1.165) is 35.5 Å². The predicted octanol–water partition coefficient (Wildman–Crippen LogP) is 4.57. The Morgan fingerprint density at radius 1 is 1.23 bits per heavy atom. The molecule has 1 heterocycles. The molecule has 4 heteroatoms. The summed E-state index contributed by atoms with van der Waals surface area (Å²) in [4.78, 5) is 13.3. The van der Waals surface area contributed by atoms with Crippen molar-refractivity contribution in [3.05, 3.63) is 27.8 Å². The first kappa shape index (κ1) is 15.3. The highest BCUT2D eigenvalue weighted by atomic mass is 32.1. The monoisotopic (exact) mass is 314 g/mol. The van der Waals surface area contributed by atoms with Crippen LogP contribution in [-0.4, -0.2) is 5.78 Å². The maximum atomic E-state index is 11.9. The number of anilines is 1. The summed E-state index contributed by atoms with van der Waals surface area (Å²) in [6.45, 7) is 4.24. The van der Waals surface area contributed by atoms with Gasteiger partial charge in [0.2, 0.25) is 0 Å². The van der Waals surface area contributed by atoms with Crippen molar-refractivity contribution in [1.29, 1.82) is 5.26 Å². The zero-order chi connectivity index (χ0) is 15.7. The van der Waals surface area contributed by atoms with E-state index in [4.69, 9.17) is 0 Å². The molecule has 0 atom stereocenters. The van der Waals surface area contributed by atoms with E-state index < -0.39 is 0 Å². The van der Waals surface area contributed by atoms with Gasteiger partial charge in [0.05, 0.1) is 5.56 Å². The Morgan fingerprint density at radius 3 is 2.73 bits per heavy atom. The Balaban J connectivity index is 1.90. The number of allylic oxidation sites excluding steroid dienone is 2. The molecule has 2 aliphatic carbocycles. The number of fused-ring (bicyclic) bond motifs is 1. The van der Waals surface area contributed by atoms with Gasteiger partial charge in [-0.1, -0.05) is 20.3 Å². The predicted molar refractivity (Wildman–Crippen MR) is 90.0 cm³/mol. The van der Waals surface area contributed by atoms with Gasteiger partial charge in [-0.3, -0.25) is 4.79 Å². The van der Waals surface area contributed by atoms with Crippen LogP contribution in [0.15, 0.2) is 11.8 Å². The molecule has 0 fully saturated rings. The zero-order valence-corrected chi connectivity index (χ0v) is 14.1. The lowest BCUT2D eigenvalue weighted by Gasteiger charge is -2.29. The van der Waals surface area contributed by atoms with E-state index in [1.54, 1.807) is 17.4 Å². The highest BCUT2D eigenvalue weighted by Crippen LogP contribution is 2.40. The van der Waals surface area contributed by atoms with E-state index in [2.05, 4.69) is 25.2 Å². The summed E-state index contributed by atoms with van der Waals surface area (Å²) in [6, 6.07) is 2.39. The largest absolute Gasteiger partial charge is 0.349 e. The molecular weight excluding hydrogens is 292 g/mol. The van der Waals surface area contributed by atoms with Crippen LogP contribution in [0, 0.1) is 16.7 Å². The van der Waals surface area contributed by atoms with Crippen LogP contribution in [0.2, 0.25) is 0 Å². The molecule has 1 aromatic rings. The van der Waals surface area contributed by atoms with Crippen molar-refractivity contribution in [2.45, 2.75) is 58.8 Å². The summed E-state index contributed by atoms with van der Waals surface area (Å²) in [5, 5.41) is 13.9. The van der Waals surface area contributed by atoms with Crippen LogP contribution in [-0.2, 0) is 17.6 Å². The average molecular weight is 314 g/mol. The van der Waals surface area contributed by atoms with Gasteiger partial charge < -0.3 is 5.32 Å². The van der Waals surface area contributed by atoms with Crippen molar-refractivity contribution in [3.8, 4) is 6.07 Å². The van der Waals surface area contributed by atoms with Gasteiger partial charge >= 0.3 is 0 Å². The topological polar surface area (TPSA) is 52.9 Å². The number of carbonyl (C=O) groups excluding carboxylic acids is 1. The maximum absolute atomic E-state index is 11.9. The quantitative estimate of drug-likeness (QED) is 0.813. The molecule has 0 radical (unpaired) electrons. The van der Waals surface area contributed by atoms with Gasteiger partial charge in [-0.25, -0.2) is 0 Å². The van der Waals surface area contributed by atoms with Crippen molar-refractivity contribution >= 4 is 22.1 Å². The number of hydrogen-bond donors (Lipinski definition) is 1. The Labute approximate surface area is 136 Å². The summed E-state index contributed by atoms with van der Waals surface area (Å²) < 4.78 is 0. The van der Waals surface area contributed by atoms with Gasteiger partial charge in [-0.05, 0) is 43.1 Å². The van der Waals surface area contributed by atoms with Crippen LogP contribution in [0.3, 0.4) is 0 Å². The van der Waals surface area contributed by atoms with Gasteiger partial charge in [-0.2, -0.15) is 5.26 Å². The first-order valence-electron chi connectivity index (χ1n) is 8.03. The van der Waals surface area contributed by atoms with E-state index in [1.807, 2.05) is 0 Å². The van der Waals surface area contributed by atoms with Gasteiger partial charge in [0.15, 0.2) is 5.78 Å². The second-order valence-electron chi connectivity index (χ2n) is 7.16. The molecule has 22 heavy (non-hydrogen) atoms. The summed E-state index contributed by atoms with van der Waals surface area (Å²) >= 11 is 1.71. The van der Waals surface area contributed by atoms with E-state index in [0.29, 0.717) is 6.42 Å². The standard InChI is InChI=1S/C18H22N2OS/c1-18(2)9-12(8-13(21)10-18)20-17-15(11-19)14-6-4-3-5-7-16(14)22-17/h8,20H,3-7,9-10H2,1-2H3. The molecule has 0 amide bonds. The van der Waals surface area contributed by atoms with Crippen molar-refractivity contribution in [2.75, 3.05) is 5.32 Å². The zero-order valence-electron chi connectivity index (χ0n) is 13.3. The number of rotatable bonds is 2. The molecule has 0 unspecified atom stereocenters. The van der Waals surface area contributed by atoms with E-state index in [1.165, 1.54) is 29.7 Å². The average Bonchev–Trinajstić information content (AvgIpc) is 2.58. The fourth-order valence-electron chi connectivity index (χ4n) is 3.52. The van der Waals surface area contributed by atoms with Crippen LogP contribution < -0.4 is 5.32 Å². The van der Waals surface area contributed by atoms with E-state index >= 15 is 0 Å². The second-order valence-corrected chi connectivity index (χ2v) is 8.26. The number of ketones is 1. The van der Waals surface area contributed by atoms with Gasteiger partial charge in [0.1, 0.15) is 11.1 Å². The van der Waals surface area contributed by atoms with Crippen LogP contribution in [0.5, 0.6) is 0 Å². The third-order valence-corrected chi connectivity index (χ3v) is 5.67. The third kappa shape index (κ3) is 3.10. The molecule has 0 aliphatic heterocycles. The first-order valence-corrected chi connectivity index (χ1v) is 8.85. The van der Waals surface area contributed by atoms with Gasteiger partial charge in [-0.15, -0.1) is 11.3 Å². The maximum Gasteiger partial charge on any atom is 0.157 e. The minimum atomic E-state index is -0.00463. The van der Waals surface area contributed by atoms with Crippen LogP contribution >= 0.6 is 11.3 Å². The Morgan fingerprint density at radius 2 is 2.00 bits per heavy atom. The van der Waals surface area contributed by atoms with Crippen LogP contribution in [0.25, 0.3) is 0 Å². The molecule has 0 saturated heterocycles. The Kier molecular flexibility index (Phi) is 4.10. The van der Waals surface area contributed by atoms with Crippen molar-refractivity contribution in [2.24, 2.45) is 5.41 Å². The van der Waals surface area contributed by atoms with Gasteiger partial charge in [0, 0.05) is 23.1 Å². The molecule has 116 valence electrons. The molecule has 0 saturated carbocycles. The Bertz CT molecular complexity index is 676. The molecule has 2 aliphatic rings. The fourth-order valence-corrected chi connectivity index (χ4v) is 4.79. The number of nitriles is 1. The van der Waals surface area contributed by atoms with Gasteiger partial charge in [0.25, 0.3) is 0 Å². The minimum Gasteiger partial charge on any atom is -0.349 e. The second kappa shape index (κ2) is 5.89. The minimum absolute atomic E-state index is 0.00463. The van der Waals surface area contributed by atoms with Crippen molar-refractivity contribution in [1.82, 2.24) is 0 Å². The highest BCUT2D eigenvalue weighted by molar-refractivity contribution is 7.16. The fraction of sp³-hybridized carbons (Fsp3) is 0.556. The lowest BCUT2D eigenvalue weighted by atomic mass is 9.79. The lowest BCUT2D eigenvalue weighted by Crippen LogP contribution is -2.24. The molecule has 3 nitrogen and oxygen atoms in total. The molecule has 3 rings (SSSR count). The highest BCUT2D eigenvalue weighted by Gasteiger charge is 2.28. The number of thiophene rings is 1. The van der Waals surface area contributed by atoms with Crippen molar-refractivity contribution in [3.63, 3.8) is 0 Å². The lowest BCUT2D eigenvalue weighted by molar-refractivity contribution is -0.117. The van der Waals surface area contributed by atoms with E-state index in [-0.39, 0.29) is 11.2 Å². The number of nitrogens with zero attached hydrogens (tertiary/aromatic N) is 1. The molecule has 0 spiro atoms. The number of nitrogens with one attached hydrogen (secondary N) is 1. The first-order chi connectivity index (χ1) is 10.5. The summed E-state index contributed by atoms with van der Waals surface area (Å²) in [5.74, 6) is 0.176. The summed E-state index contributed by atoms with van der Waals surface area (Å²) in [5.41, 5.74) is 3.00. The third-order valence-electron chi connectivity index (χ3n) is 4.46.